The quantitative estimate of drug-likeness (QED) is 0.538. The minimum atomic E-state index is 0.728. The minimum absolute atomic E-state index is 0.728. The lowest BCUT2D eigenvalue weighted by atomic mass is 10.2. The molecular formula is C12H15N2O+. The van der Waals surface area contributed by atoms with E-state index in [4.69, 9.17) is 0 Å². The van der Waals surface area contributed by atoms with E-state index >= 15 is 0 Å². The lowest BCUT2D eigenvalue weighted by Crippen LogP contribution is -2.34. The molecule has 0 unspecified atom stereocenters. The third-order valence-electron chi connectivity index (χ3n) is 2.98. The summed E-state index contributed by atoms with van der Waals surface area (Å²) in [6, 6.07) is 5.80. The molecule has 1 aromatic heterocycles. The highest BCUT2D eigenvalue weighted by atomic mass is 16.1. The van der Waals surface area contributed by atoms with Crippen molar-refractivity contribution < 1.29 is 9.36 Å². The normalized spacial score (nSPS) is 10.9. The molecule has 2 aromatic rings. The Morgan fingerprint density at radius 2 is 2.20 bits per heavy atom. The molecule has 0 aliphatic rings. The minimum Gasteiger partial charge on any atom is -0.298 e. The van der Waals surface area contributed by atoms with Crippen LogP contribution in [0.15, 0.2) is 18.2 Å². The number of carbonyl (C=O) groups excluding carboxylic acids is 1. The average molecular weight is 203 g/mol. The Morgan fingerprint density at radius 1 is 1.47 bits per heavy atom. The molecule has 1 heterocycles. The van der Waals surface area contributed by atoms with Gasteiger partial charge in [-0.15, -0.1) is 0 Å². The second kappa shape index (κ2) is 3.50. The van der Waals surface area contributed by atoms with Crippen LogP contribution >= 0.6 is 0 Å². The highest BCUT2D eigenvalue weighted by Crippen LogP contribution is 2.14. The molecule has 2 rings (SSSR count). The number of imidazole rings is 1. The maximum Gasteiger partial charge on any atom is 0.253 e. The molecule has 0 spiro atoms. The van der Waals surface area contributed by atoms with E-state index in [1.54, 1.807) is 0 Å². The van der Waals surface area contributed by atoms with Gasteiger partial charge in [0.1, 0.15) is 6.29 Å². The Bertz CT molecular complexity index is 526. The van der Waals surface area contributed by atoms with Crippen molar-refractivity contribution in [3.05, 3.63) is 29.6 Å². The van der Waals surface area contributed by atoms with E-state index in [1.807, 2.05) is 25.2 Å². The first-order valence-electron chi connectivity index (χ1n) is 5.13. The van der Waals surface area contributed by atoms with E-state index in [-0.39, 0.29) is 0 Å². The highest BCUT2D eigenvalue weighted by Gasteiger charge is 2.17. The van der Waals surface area contributed by atoms with Crippen molar-refractivity contribution in [1.29, 1.82) is 0 Å². The summed E-state index contributed by atoms with van der Waals surface area (Å²) in [6.45, 7) is 5.16. The number of fused-ring (bicyclic) bond motifs is 1. The monoisotopic (exact) mass is 203 g/mol. The van der Waals surface area contributed by atoms with Crippen LogP contribution in [0.3, 0.4) is 0 Å². The number of aryl methyl sites for hydroxylation is 2. The molecule has 15 heavy (non-hydrogen) atoms. The number of rotatable bonds is 2. The molecule has 0 N–H and O–H groups in total. The third-order valence-corrected chi connectivity index (χ3v) is 2.98. The third kappa shape index (κ3) is 1.35. The average Bonchev–Trinajstić information content (AvgIpc) is 2.51. The van der Waals surface area contributed by atoms with Gasteiger partial charge in [0, 0.05) is 12.5 Å². The molecule has 0 radical (unpaired) electrons. The molecule has 0 bridgehead atoms. The van der Waals surface area contributed by atoms with Crippen LogP contribution in [0.5, 0.6) is 0 Å². The summed E-state index contributed by atoms with van der Waals surface area (Å²) in [5.41, 5.74) is 3.02. The summed E-state index contributed by atoms with van der Waals surface area (Å²) in [5, 5.41) is 0. The van der Waals surface area contributed by atoms with Gasteiger partial charge < -0.3 is 0 Å². The summed E-state index contributed by atoms with van der Waals surface area (Å²) in [7, 11) is 2.03. The van der Waals surface area contributed by atoms with E-state index in [1.165, 1.54) is 11.3 Å². The van der Waals surface area contributed by atoms with Crippen LogP contribution in [0.1, 0.15) is 23.1 Å². The molecule has 1 aromatic carbocycles. The smallest absolute Gasteiger partial charge is 0.253 e. The standard InChI is InChI=1S/C12H15N2O/c1-4-14-9(2)13(3)12-7-10(8-15)5-6-11(12)14/h5-8H,4H2,1-3H3/q+1. The molecule has 3 heteroatoms. The second-order valence-corrected chi connectivity index (χ2v) is 3.72. The molecule has 0 saturated heterocycles. The summed E-state index contributed by atoms with van der Waals surface area (Å²) < 4.78 is 4.36. The van der Waals surface area contributed by atoms with Crippen LogP contribution in [-0.2, 0) is 13.6 Å². The largest absolute Gasteiger partial charge is 0.298 e. The van der Waals surface area contributed by atoms with Gasteiger partial charge in [0.05, 0.1) is 13.6 Å². The second-order valence-electron chi connectivity index (χ2n) is 3.72. The Morgan fingerprint density at radius 3 is 2.80 bits per heavy atom. The molecule has 0 aliphatic carbocycles. The summed E-state index contributed by atoms with van der Waals surface area (Å²) in [6.07, 6.45) is 0.887. The molecule has 0 atom stereocenters. The van der Waals surface area contributed by atoms with E-state index in [0.29, 0.717) is 0 Å². The van der Waals surface area contributed by atoms with Gasteiger partial charge in [0.25, 0.3) is 5.82 Å². The van der Waals surface area contributed by atoms with E-state index in [9.17, 15) is 4.79 Å². The molecule has 0 amide bonds. The summed E-state index contributed by atoms with van der Waals surface area (Å²) in [4.78, 5) is 10.7. The lowest BCUT2D eigenvalue weighted by Gasteiger charge is -1.93. The van der Waals surface area contributed by atoms with Crippen molar-refractivity contribution in [2.45, 2.75) is 20.4 Å². The molecule has 3 nitrogen and oxygen atoms in total. The highest BCUT2D eigenvalue weighted by molar-refractivity contribution is 5.83. The zero-order chi connectivity index (χ0) is 11.0. The first-order chi connectivity index (χ1) is 7.19. The number of carbonyl (C=O) groups is 1. The topological polar surface area (TPSA) is 25.9 Å². The van der Waals surface area contributed by atoms with Crippen molar-refractivity contribution in [1.82, 2.24) is 4.57 Å². The molecule has 0 saturated carbocycles. The first kappa shape index (κ1) is 9.90. The zero-order valence-corrected chi connectivity index (χ0v) is 9.32. The Balaban J connectivity index is 2.84. The van der Waals surface area contributed by atoms with Gasteiger partial charge in [-0.2, -0.15) is 0 Å². The van der Waals surface area contributed by atoms with Crippen LogP contribution in [0.25, 0.3) is 11.0 Å². The predicted molar refractivity (Wildman–Crippen MR) is 58.9 cm³/mol. The fourth-order valence-electron chi connectivity index (χ4n) is 2.04. The molecule has 0 aliphatic heterocycles. The number of aromatic nitrogens is 2. The molecule has 78 valence electrons. The van der Waals surface area contributed by atoms with Gasteiger partial charge in [0.2, 0.25) is 0 Å². The Labute approximate surface area is 88.9 Å². The van der Waals surface area contributed by atoms with Crippen LogP contribution in [-0.4, -0.2) is 10.9 Å². The van der Waals surface area contributed by atoms with Gasteiger partial charge >= 0.3 is 0 Å². The number of hydrogen-bond donors (Lipinski definition) is 0. The lowest BCUT2D eigenvalue weighted by molar-refractivity contribution is -0.674. The van der Waals surface area contributed by atoms with E-state index < -0.39 is 0 Å². The van der Waals surface area contributed by atoms with Crippen molar-refractivity contribution >= 4 is 17.3 Å². The van der Waals surface area contributed by atoms with Crippen LogP contribution in [0, 0.1) is 6.92 Å². The maximum atomic E-state index is 10.7. The summed E-state index contributed by atoms with van der Waals surface area (Å²) >= 11 is 0. The van der Waals surface area contributed by atoms with Crippen LogP contribution in [0.2, 0.25) is 0 Å². The first-order valence-corrected chi connectivity index (χ1v) is 5.13. The van der Waals surface area contributed by atoms with Gasteiger partial charge in [-0.1, -0.05) is 0 Å². The Kier molecular flexibility index (Phi) is 2.31. The molecular weight excluding hydrogens is 188 g/mol. The van der Waals surface area contributed by atoms with Crippen LogP contribution in [0.4, 0.5) is 0 Å². The van der Waals surface area contributed by atoms with Gasteiger partial charge in [-0.3, -0.25) is 4.79 Å². The fourth-order valence-corrected chi connectivity index (χ4v) is 2.04. The van der Waals surface area contributed by atoms with Crippen molar-refractivity contribution in [3.63, 3.8) is 0 Å². The number of aldehydes is 1. The van der Waals surface area contributed by atoms with Gasteiger partial charge in [-0.05, 0) is 25.1 Å². The van der Waals surface area contributed by atoms with Crippen molar-refractivity contribution in [3.8, 4) is 0 Å². The fraction of sp³-hybridized carbons (Fsp3) is 0.333. The molecule has 0 fully saturated rings. The van der Waals surface area contributed by atoms with Crippen LogP contribution < -0.4 is 4.57 Å². The van der Waals surface area contributed by atoms with Crippen molar-refractivity contribution in [2.24, 2.45) is 7.05 Å². The number of nitrogens with zero attached hydrogens (tertiary/aromatic N) is 2. The summed E-state index contributed by atoms with van der Waals surface area (Å²) in [5.74, 6) is 1.20. The zero-order valence-electron chi connectivity index (χ0n) is 9.32. The predicted octanol–water partition coefficient (Wildman–Crippen LogP) is 1.61. The van der Waals surface area contributed by atoms with Gasteiger partial charge in [0.15, 0.2) is 11.0 Å². The Hall–Kier alpha value is -1.64. The number of benzene rings is 1. The van der Waals surface area contributed by atoms with E-state index in [2.05, 4.69) is 23.0 Å². The maximum absolute atomic E-state index is 10.7. The number of hydrogen-bond acceptors (Lipinski definition) is 1. The van der Waals surface area contributed by atoms with E-state index in [0.717, 1.165) is 23.9 Å². The van der Waals surface area contributed by atoms with Gasteiger partial charge in [-0.25, -0.2) is 9.13 Å². The SMILES string of the molecule is CC[n+]1c(C)n(C)c2cc(C=O)ccc21. The van der Waals surface area contributed by atoms with Crippen molar-refractivity contribution in [2.75, 3.05) is 0 Å².